The lowest BCUT2D eigenvalue weighted by molar-refractivity contribution is -0.141. The number of likely N-dealkylation sites (tertiary alicyclic amines) is 1. The van der Waals surface area contributed by atoms with Gasteiger partial charge in [0.05, 0.1) is 18.3 Å². The molecule has 1 aromatic carbocycles. The van der Waals surface area contributed by atoms with Gasteiger partial charge in [-0.1, -0.05) is 29.8 Å². The molecule has 5 heteroatoms. The number of allylic oxidation sites excluding steroid dienone is 2. The van der Waals surface area contributed by atoms with Gasteiger partial charge in [-0.3, -0.25) is 19.3 Å². The molecule has 0 aromatic heterocycles. The quantitative estimate of drug-likeness (QED) is 0.370. The van der Waals surface area contributed by atoms with Crippen molar-refractivity contribution < 1.29 is 19.1 Å². The SMILES string of the molecule is Cc1ccc(OC(=O)CCN2C(=O)[C@@H]3CC=CC[C@H]3C2=O)cc1. The van der Waals surface area contributed by atoms with Gasteiger partial charge in [-0.25, -0.2) is 0 Å². The van der Waals surface area contributed by atoms with Crippen molar-refractivity contribution in [3.63, 3.8) is 0 Å². The van der Waals surface area contributed by atoms with E-state index in [4.69, 9.17) is 4.74 Å². The number of fused-ring (bicyclic) bond motifs is 1. The zero-order valence-corrected chi connectivity index (χ0v) is 13.0. The first-order chi connectivity index (χ1) is 11.1. The molecule has 3 rings (SSSR count). The van der Waals surface area contributed by atoms with Crippen LogP contribution in [0.15, 0.2) is 36.4 Å². The number of benzene rings is 1. The van der Waals surface area contributed by atoms with Crippen molar-refractivity contribution in [2.24, 2.45) is 11.8 Å². The highest BCUT2D eigenvalue weighted by Gasteiger charge is 2.46. The van der Waals surface area contributed by atoms with E-state index in [1.54, 1.807) is 12.1 Å². The summed E-state index contributed by atoms with van der Waals surface area (Å²) in [6.07, 6.45) is 5.13. The highest BCUT2D eigenvalue weighted by Crippen LogP contribution is 2.35. The van der Waals surface area contributed by atoms with Crippen LogP contribution >= 0.6 is 0 Å². The molecule has 1 saturated heterocycles. The van der Waals surface area contributed by atoms with E-state index >= 15 is 0 Å². The van der Waals surface area contributed by atoms with Gasteiger partial charge in [0, 0.05) is 6.54 Å². The predicted molar refractivity (Wildman–Crippen MR) is 83.5 cm³/mol. The Bertz CT molecular complexity index is 636. The Kier molecular flexibility index (Phi) is 4.28. The summed E-state index contributed by atoms with van der Waals surface area (Å²) in [5, 5.41) is 0. The summed E-state index contributed by atoms with van der Waals surface area (Å²) in [6, 6.07) is 7.15. The summed E-state index contributed by atoms with van der Waals surface area (Å²) in [7, 11) is 0. The molecule has 2 amide bonds. The van der Waals surface area contributed by atoms with Gasteiger partial charge in [-0.2, -0.15) is 0 Å². The normalized spacial score (nSPS) is 23.1. The Balaban J connectivity index is 1.56. The van der Waals surface area contributed by atoms with E-state index in [0.29, 0.717) is 18.6 Å². The molecule has 1 aromatic rings. The summed E-state index contributed by atoms with van der Waals surface area (Å²) >= 11 is 0. The minimum absolute atomic E-state index is 0.0121. The second kappa shape index (κ2) is 6.36. The number of nitrogens with zero attached hydrogens (tertiary/aromatic N) is 1. The third kappa shape index (κ3) is 3.18. The molecule has 0 unspecified atom stereocenters. The fourth-order valence-corrected chi connectivity index (χ4v) is 3.08. The van der Waals surface area contributed by atoms with Crippen LogP contribution in [0.5, 0.6) is 5.75 Å². The highest BCUT2D eigenvalue weighted by atomic mass is 16.5. The number of amides is 2. The van der Waals surface area contributed by atoms with Gasteiger partial charge in [0.2, 0.25) is 11.8 Å². The molecule has 0 radical (unpaired) electrons. The number of hydrogen-bond acceptors (Lipinski definition) is 4. The average molecular weight is 313 g/mol. The summed E-state index contributed by atoms with van der Waals surface area (Å²) in [5.74, 6) is -0.791. The first-order valence-electron chi connectivity index (χ1n) is 7.84. The third-order valence-corrected chi connectivity index (χ3v) is 4.39. The molecule has 23 heavy (non-hydrogen) atoms. The minimum atomic E-state index is -0.442. The van der Waals surface area contributed by atoms with Crippen molar-refractivity contribution in [2.75, 3.05) is 6.54 Å². The Morgan fingerprint density at radius 1 is 1.09 bits per heavy atom. The van der Waals surface area contributed by atoms with Crippen LogP contribution in [0.25, 0.3) is 0 Å². The molecule has 2 atom stereocenters. The molecule has 0 saturated carbocycles. The molecule has 5 nitrogen and oxygen atoms in total. The van der Waals surface area contributed by atoms with Crippen molar-refractivity contribution in [1.82, 2.24) is 4.90 Å². The fraction of sp³-hybridized carbons (Fsp3) is 0.389. The van der Waals surface area contributed by atoms with E-state index in [2.05, 4.69) is 0 Å². The largest absolute Gasteiger partial charge is 0.426 e. The van der Waals surface area contributed by atoms with Gasteiger partial charge in [-0.05, 0) is 31.9 Å². The molecule has 0 bridgehead atoms. The molecular weight excluding hydrogens is 294 g/mol. The first kappa shape index (κ1) is 15.5. The first-order valence-corrected chi connectivity index (χ1v) is 7.84. The lowest BCUT2D eigenvalue weighted by Crippen LogP contribution is -2.33. The summed E-state index contributed by atoms with van der Waals surface area (Å²) in [5.41, 5.74) is 1.08. The van der Waals surface area contributed by atoms with Crippen molar-refractivity contribution in [3.8, 4) is 5.75 Å². The fourth-order valence-electron chi connectivity index (χ4n) is 3.08. The molecule has 1 aliphatic heterocycles. The second-order valence-corrected chi connectivity index (χ2v) is 6.02. The van der Waals surface area contributed by atoms with Gasteiger partial charge < -0.3 is 4.74 Å². The van der Waals surface area contributed by atoms with Crippen LogP contribution in [0.2, 0.25) is 0 Å². The van der Waals surface area contributed by atoms with Crippen molar-refractivity contribution in [2.45, 2.75) is 26.2 Å². The standard InChI is InChI=1S/C18H19NO4/c1-12-6-8-13(9-7-12)23-16(20)10-11-19-17(21)14-4-2-3-5-15(14)18(19)22/h2-3,6-9,14-15H,4-5,10-11H2,1H3/t14-,15-/m1/s1. The third-order valence-electron chi connectivity index (χ3n) is 4.39. The Labute approximate surface area is 134 Å². The van der Waals surface area contributed by atoms with Crippen LogP contribution in [0.1, 0.15) is 24.8 Å². The van der Waals surface area contributed by atoms with E-state index in [9.17, 15) is 14.4 Å². The van der Waals surface area contributed by atoms with E-state index in [1.165, 1.54) is 4.90 Å². The number of hydrogen-bond donors (Lipinski definition) is 0. The smallest absolute Gasteiger partial charge is 0.312 e. The van der Waals surface area contributed by atoms with E-state index in [-0.39, 0.29) is 36.6 Å². The number of rotatable bonds is 4. The number of ether oxygens (including phenoxy) is 1. The van der Waals surface area contributed by atoms with Crippen molar-refractivity contribution in [3.05, 3.63) is 42.0 Å². The van der Waals surface area contributed by atoms with Crippen LogP contribution in [-0.4, -0.2) is 29.2 Å². The van der Waals surface area contributed by atoms with Crippen LogP contribution in [0, 0.1) is 18.8 Å². The maximum absolute atomic E-state index is 12.3. The molecule has 0 N–H and O–H groups in total. The van der Waals surface area contributed by atoms with Crippen molar-refractivity contribution in [1.29, 1.82) is 0 Å². The average Bonchev–Trinajstić information content (AvgIpc) is 2.80. The molecule has 0 spiro atoms. The molecule has 1 heterocycles. The number of carbonyl (C=O) groups excluding carboxylic acids is 3. The van der Waals surface area contributed by atoms with Gasteiger partial charge in [0.1, 0.15) is 5.75 Å². The molecule has 1 fully saturated rings. The lowest BCUT2D eigenvalue weighted by Gasteiger charge is -2.14. The molecule has 1 aliphatic carbocycles. The van der Waals surface area contributed by atoms with Crippen LogP contribution in [-0.2, 0) is 14.4 Å². The lowest BCUT2D eigenvalue weighted by atomic mass is 9.85. The zero-order valence-electron chi connectivity index (χ0n) is 13.0. The Hall–Kier alpha value is -2.43. The number of imide groups is 1. The number of carbonyl (C=O) groups is 3. The van der Waals surface area contributed by atoms with E-state index < -0.39 is 5.97 Å². The Morgan fingerprint density at radius 2 is 1.65 bits per heavy atom. The monoisotopic (exact) mass is 313 g/mol. The molecule has 2 aliphatic rings. The molecule has 120 valence electrons. The number of aryl methyl sites for hydroxylation is 1. The van der Waals surface area contributed by atoms with Crippen LogP contribution in [0.4, 0.5) is 0 Å². The van der Waals surface area contributed by atoms with Crippen LogP contribution in [0.3, 0.4) is 0 Å². The van der Waals surface area contributed by atoms with Crippen LogP contribution < -0.4 is 4.74 Å². The maximum atomic E-state index is 12.3. The summed E-state index contributed by atoms with van der Waals surface area (Å²) in [4.78, 5) is 37.7. The van der Waals surface area contributed by atoms with Gasteiger partial charge >= 0.3 is 5.97 Å². The number of esters is 1. The molecular formula is C18H19NO4. The van der Waals surface area contributed by atoms with Gasteiger partial charge in [-0.15, -0.1) is 0 Å². The zero-order chi connectivity index (χ0) is 16.4. The maximum Gasteiger partial charge on any atom is 0.312 e. The van der Waals surface area contributed by atoms with E-state index in [0.717, 1.165) is 5.56 Å². The van der Waals surface area contributed by atoms with Crippen molar-refractivity contribution >= 4 is 17.8 Å². The highest BCUT2D eigenvalue weighted by molar-refractivity contribution is 6.05. The minimum Gasteiger partial charge on any atom is -0.426 e. The van der Waals surface area contributed by atoms with E-state index in [1.807, 2.05) is 31.2 Å². The Morgan fingerprint density at radius 3 is 2.22 bits per heavy atom. The summed E-state index contributed by atoms with van der Waals surface area (Å²) in [6.45, 7) is 2.04. The predicted octanol–water partition coefficient (Wildman–Crippen LogP) is 2.24. The topological polar surface area (TPSA) is 63.7 Å². The second-order valence-electron chi connectivity index (χ2n) is 6.02. The van der Waals surface area contributed by atoms with Gasteiger partial charge in [0.25, 0.3) is 0 Å². The summed E-state index contributed by atoms with van der Waals surface area (Å²) < 4.78 is 5.22. The van der Waals surface area contributed by atoms with Gasteiger partial charge in [0.15, 0.2) is 0 Å².